The summed E-state index contributed by atoms with van der Waals surface area (Å²) in [5.41, 5.74) is 1.44. The fraction of sp³-hybridized carbons (Fsp3) is 0.545. The van der Waals surface area contributed by atoms with Crippen LogP contribution in [0.2, 0.25) is 5.02 Å². The van der Waals surface area contributed by atoms with Gasteiger partial charge in [-0.2, -0.15) is 0 Å². The molecule has 0 atom stereocenters. The number of carbonyl (C=O) groups is 2. The molecule has 2 fully saturated rings. The molecule has 6 heteroatoms. The highest BCUT2D eigenvalue weighted by Crippen LogP contribution is 2.29. The lowest BCUT2D eigenvalue weighted by atomic mass is 9.87. The van der Waals surface area contributed by atoms with Gasteiger partial charge in [-0.1, -0.05) is 30.9 Å². The molecule has 5 nitrogen and oxygen atoms in total. The minimum atomic E-state index is -0.0947. The smallest absolute Gasteiger partial charge is 0.250 e. The molecule has 1 saturated carbocycles. The average Bonchev–Trinajstić information content (AvgIpc) is 2.74. The van der Waals surface area contributed by atoms with Crippen LogP contribution >= 0.6 is 11.6 Å². The summed E-state index contributed by atoms with van der Waals surface area (Å²) < 4.78 is 5.68. The zero-order chi connectivity index (χ0) is 19.5. The van der Waals surface area contributed by atoms with Gasteiger partial charge in [-0.05, 0) is 50.0 Å². The first-order valence-electron chi connectivity index (χ1n) is 10.3. The first kappa shape index (κ1) is 19.3. The minimum absolute atomic E-state index is 0.0947. The van der Waals surface area contributed by atoms with E-state index in [9.17, 15) is 9.59 Å². The van der Waals surface area contributed by atoms with Crippen LogP contribution < -0.4 is 10.1 Å². The van der Waals surface area contributed by atoms with Crippen molar-refractivity contribution in [2.45, 2.75) is 51.0 Å². The van der Waals surface area contributed by atoms with Crippen molar-refractivity contribution in [3.8, 4) is 5.75 Å². The third-order valence-electron chi connectivity index (χ3n) is 6.07. The number of nitrogens with zero attached hydrogens (tertiary/aromatic N) is 1. The Bertz CT molecular complexity index is 778. The topological polar surface area (TPSA) is 58.6 Å². The summed E-state index contributed by atoms with van der Waals surface area (Å²) >= 11 is 6.04. The molecule has 150 valence electrons. The average molecular weight is 403 g/mol. The first-order chi connectivity index (χ1) is 13.6. The normalized spacial score (nSPS) is 20.8. The van der Waals surface area contributed by atoms with Crippen molar-refractivity contribution in [3.05, 3.63) is 34.4 Å². The summed E-state index contributed by atoms with van der Waals surface area (Å²) in [6.07, 6.45) is 9.14. The number of fused-ring (bicyclic) bond motifs is 1. The molecule has 1 saturated heterocycles. The lowest BCUT2D eigenvalue weighted by Gasteiger charge is -2.35. The number of hydrogen-bond acceptors (Lipinski definition) is 3. The van der Waals surface area contributed by atoms with E-state index in [2.05, 4.69) is 5.32 Å². The lowest BCUT2D eigenvalue weighted by Crippen LogP contribution is -2.48. The molecule has 0 unspecified atom stereocenters. The van der Waals surface area contributed by atoms with E-state index < -0.39 is 0 Å². The van der Waals surface area contributed by atoms with Gasteiger partial charge in [-0.3, -0.25) is 9.59 Å². The number of ether oxygens (including phenoxy) is 1. The number of nitrogens with one attached hydrogen (secondary N) is 1. The van der Waals surface area contributed by atoms with Crippen LogP contribution in [0.3, 0.4) is 0 Å². The summed E-state index contributed by atoms with van der Waals surface area (Å²) in [4.78, 5) is 27.3. The fourth-order valence-corrected chi connectivity index (χ4v) is 4.59. The second-order valence-corrected chi connectivity index (χ2v) is 8.48. The minimum Gasteiger partial charge on any atom is -0.488 e. The Balaban J connectivity index is 1.30. The van der Waals surface area contributed by atoms with Crippen LogP contribution in [-0.2, 0) is 9.59 Å². The highest BCUT2D eigenvalue weighted by atomic mass is 35.5. The van der Waals surface area contributed by atoms with Gasteiger partial charge in [-0.25, -0.2) is 0 Å². The summed E-state index contributed by atoms with van der Waals surface area (Å²) in [6.45, 7) is 1.72. The molecule has 4 rings (SSSR count). The van der Waals surface area contributed by atoms with Crippen LogP contribution in [0.1, 0.15) is 50.5 Å². The molecule has 0 aromatic heterocycles. The van der Waals surface area contributed by atoms with Crippen molar-refractivity contribution >= 4 is 29.5 Å². The van der Waals surface area contributed by atoms with Gasteiger partial charge >= 0.3 is 0 Å². The molecule has 1 aromatic rings. The summed E-state index contributed by atoms with van der Waals surface area (Å²) in [7, 11) is 0. The standard InChI is InChI=1S/C22H27ClN2O3/c23-18-6-7-20-16(13-18)12-17(14-28-20)21(26)24-19-8-10-25(11-9-19)22(27)15-4-2-1-3-5-15/h6-7,12-13,15,19H,1-5,8-11,14H2,(H,24,26). The quantitative estimate of drug-likeness (QED) is 0.836. The van der Waals surface area contributed by atoms with Crippen molar-refractivity contribution in [1.82, 2.24) is 10.2 Å². The van der Waals surface area contributed by atoms with Gasteiger partial charge in [0, 0.05) is 35.6 Å². The molecule has 1 aliphatic carbocycles. The van der Waals surface area contributed by atoms with E-state index in [0.717, 1.165) is 50.1 Å². The number of rotatable bonds is 3. The Morgan fingerprint density at radius 1 is 1.07 bits per heavy atom. The highest BCUT2D eigenvalue weighted by molar-refractivity contribution is 6.30. The summed E-state index contributed by atoms with van der Waals surface area (Å²) in [6, 6.07) is 5.51. The first-order valence-corrected chi connectivity index (χ1v) is 10.7. The highest BCUT2D eigenvalue weighted by Gasteiger charge is 2.30. The van der Waals surface area contributed by atoms with E-state index in [1.165, 1.54) is 19.3 Å². The molecule has 2 aliphatic heterocycles. The van der Waals surface area contributed by atoms with Crippen molar-refractivity contribution in [3.63, 3.8) is 0 Å². The Hall–Kier alpha value is -2.01. The molecule has 3 aliphatic rings. The van der Waals surface area contributed by atoms with Gasteiger partial charge in [0.05, 0.1) is 5.57 Å². The largest absolute Gasteiger partial charge is 0.488 e. The number of amides is 2. The lowest BCUT2D eigenvalue weighted by molar-refractivity contribution is -0.137. The number of benzene rings is 1. The zero-order valence-corrected chi connectivity index (χ0v) is 16.8. The maximum Gasteiger partial charge on any atom is 0.250 e. The molecule has 28 heavy (non-hydrogen) atoms. The maximum atomic E-state index is 12.7. The fourth-order valence-electron chi connectivity index (χ4n) is 4.41. The second-order valence-electron chi connectivity index (χ2n) is 8.05. The Labute approximate surface area is 171 Å². The number of piperidine rings is 1. The van der Waals surface area contributed by atoms with Crippen LogP contribution in [0.15, 0.2) is 23.8 Å². The number of likely N-dealkylation sites (tertiary alicyclic amines) is 1. The molecule has 1 N–H and O–H groups in total. The third kappa shape index (κ3) is 4.35. The Morgan fingerprint density at radius 2 is 1.82 bits per heavy atom. The van der Waals surface area contributed by atoms with E-state index in [4.69, 9.17) is 16.3 Å². The predicted molar refractivity (Wildman–Crippen MR) is 109 cm³/mol. The third-order valence-corrected chi connectivity index (χ3v) is 6.31. The summed E-state index contributed by atoms with van der Waals surface area (Å²) in [5.74, 6) is 1.19. The number of halogens is 1. The zero-order valence-electron chi connectivity index (χ0n) is 16.1. The second kappa shape index (κ2) is 8.56. The van der Waals surface area contributed by atoms with Crippen molar-refractivity contribution in [2.75, 3.05) is 19.7 Å². The van der Waals surface area contributed by atoms with E-state index in [1.54, 1.807) is 12.1 Å². The molecular formula is C22H27ClN2O3. The van der Waals surface area contributed by atoms with Crippen LogP contribution in [0.25, 0.3) is 6.08 Å². The van der Waals surface area contributed by atoms with E-state index >= 15 is 0 Å². The summed E-state index contributed by atoms with van der Waals surface area (Å²) in [5, 5.41) is 3.74. The predicted octanol–water partition coefficient (Wildman–Crippen LogP) is 3.80. The molecular weight excluding hydrogens is 376 g/mol. The van der Waals surface area contributed by atoms with Gasteiger partial charge < -0.3 is 15.0 Å². The molecule has 0 bridgehead atoms. The van der Waals surface area contributed by atoms with Gasteiger partial charge in [0.1, 0.15) is 12.4 Å². The Kier molecular flexibility index (Phi) is 5.90. The SMILES string of the molecule is O=C(NC1CCN(C(=O)C2CCCCC2)CC1)C1=Cc2cc(Cl)ccc2OC1. The van der Waals surface area contributed by atoms with Crippen LogP contribution in [-0.4, -0.2) is 42.5 Å². The molecule has 2 amide bonds. The van der Waals surface area contributed by atoms with E-state index in [0.29, 0.717) is 16.5 Å². The van der Waals surface area contributed by atoms with E-state index in [1.807, 2.05) is 17.0 Å². The molecule has 0 radical (unpaired) electrons. The maximum absolute atomic E-state index is 12.7. The van der Waals surface area contributed by atoms with Crippen LogP contribution in [0, 0.1) is 5.92 Å². The van der Waals surface area contributed by atoms with Crippen molar-refractivity contribution < 1.29 is 14.3 Å². The Morgan fingerprint density at radius 3 is 2.57 bits per heavy atom. The van der Waals surface area contributed by atoms with Crippen LogP contribution in [0.4, 0.5) is 0 Å². The van der Waals surface area contributed by atoms with Gasteiger partial charge in [0.15, 0.2) is 0 Å². The molecule has 2 heterocycles. The molecule has 0 spiro atoms. The number of carbonyl (C=O) groups excluding carboxylic acids is 2. The van der Waals surface area contributed by atoms with Gasteiger partial charge in [0.2, 0.25) is 5.91 Å². The van der Waals surface area contributed by atoms with Gasteiger partial charge in [-0.15, -0.1) is 0 Å². The van der Waals surface area contributed by atoms with Gasteiger partial charge in [0.25, 0.3) is 5.91 Å². The molecule has 1 aromatic carbocycles. The van der Waals surface area contributed by atoms with Crippen molar-refractivity contribution in [1.29, 1.82) is 0 Å². The monoisotopic (exact) mass is 402 g/mol. The number of hydrogen-bond donors (Lipinski definition) is 1. The van der Waals surface area contributed by atoms with Crippen LogP contribution in [0.5, 0.6) is 5.75 Å². The van der Waals surface area contributed by atoms with E-state index in [-0.39, 0.29) is 24.5 Å². The van der Waals surface area contributed by atoms with Crippen molar-refractivity contribution in [2.24, 2.45) is 5.92 Å².